The lowest BCUT2D eigenvalue weighted by molar-refractivity contribution is 0.0630. The van der Waals surface area contributed by atoms with Gasteiger partial charge in [0.1, 0.15) is 0 Å². The summed E-state index contributed by atoms with van der Waals surface area (Å²) in [4.78, 5) is 54.3. The highest BCUT2D eigenvalue weighted by Gasteiger charge is 2.35. The number of fused-ring (bicyclic) bond motifs is 2. The van der Waals surface area contributed by atoms with Gasteiger partial charge in [-0.3, -0.25) is 29.0 Å². The molecule has 7 nitrogen and oxygen atoms in total. The zero-order valence-electron chi connectivity index (χ0n) is 17.5. The van der Waals surface area contributed by atoms with E-state index in [9.17, 15) is 19.2 Å². The van der Waals surface area contributed by atoms with Crippen molar-refractivity contribution < 1.29 is 19.2 Å². The predicted molar refractivity (Wildman–Crippen MR) is 115 cm³/mol. The van der Waals surface area contributed by atoms with Crippen LogP contribution < -0.4 is 0 Å². The van der Waals surface area contributed by atoms with E-state index in [4.69, 9.17) is 0 Å². The Morgan fingerprint density at radius 3 is 1.35 bits per heavy atom. The van der Waals surface area contributed by atoms with Gasteiger partial charge < -0.3 is 4.90 Å². The van der Waals surface area contributed by atoms with Crippen LogP contribution in [0.5, 0.6) is 0 Å². The number of nitrogens with zero attached hydrogens (tertiary/aromatic N) is 3. The fourth-order valence-electron chi connectivity index (χ4n) is 4.15. The molecule has 4 amide bonds. The van der Waals surface area contributed by atoms with Crippen molar-refractivity contribution in [3.8, 4) is 0 Å². The molecule has 0 bridgehead atoms. The molecular formula is C24H25N3O4. The van der Waals surface area contributed by atoms with Crippen molar-refractivity contribution in [1.29, 1.82) is 0 Å². The van der Waals surface area contributed by atoms with Gasteiger partial charge in [0.25, 0.3) is 23.6 Å². The molecule has 0 unspecified atom stereocenters. The van der Waals surface area contributed by atoms with Gasteiger partial charge in [-0.15, -0.1) is 0 Å². The van der Waals surface area contributed by atoms with E-state index in [0.29, 0.717) is 41.8 Å². The number of rotatable bonds is 9. The molecule has 2 heterocycles. The van der Waals surface area contributed by atoms with E-state index in [1.165, 1.54) is 9.80 Å². The van der Waals surface area contributed by atoms with Crippen LogP contribution in [0, 0.1) is 0 Å². The average Bonchev–Trinajstić information content (AvgIpc) is 3.17. The van der Waals surface area contributed by atoms with Crippen LogP contribution in [0.4, 0.5) is 0 Å². The first kappa shape index (κ1) is 20.9. The van der Waals surface area contributed by atoms with Gasteiger partial charge in [0.05, 0.1) is 22.3 Å². The van der Waals surface area contributed by atoms with Gasteiger partial charge in [-0.05, 0) is 63.7 Å². The van der Waals surface area contributed by atoms with Crippen molar-refractivity contribution in [2.24, 2.45) is 0 Å². The van der Waals surface area contributed by atoms with Crippen molar-refractivity contribution in [2.45, 2.75) is 19.3 Å². The first-order valence-electron chi connectivity index (χ1n) is 10.6. The zero-order chi connectivity index (χ0) is 22.0. The number of hydrogen-bond donors (Lipinski definition) is 0. The maximum absolute atomic E-state index is 12.4. The van der Waals surface area contributed by atoms with Crippen molar-refractivity contribution in [1.82, 2.24) is 14.7 Å². The van der Waals surface area contributed by atoms with Crippen LogP contribution in [-0.2, 0) is 0 Å². The minimum absolute atomic E-state index is 0.213. The number of benzene rings is 2. The van der Waals surface area contributed by atoms with Crippen LogP contribution in [0.25, 0.3) is 0 Å². The van der Waals surface area contributed by atoms with Gasteiger partial charge in [0.15, 0.2) is 0 Å². The fourth-order valence-corrected chi connectivity index (χ4v) is 4.15. The van der Waals surface area contributed by atoms with E-state index in [2.05, 4.69) is 4.90 Å². The van der Waals surface area contributed by atoms with Crippen LogP contribution in [0.1, 0.15) is 60.7 Å². The molecule has 160 valence electrons. The van der Waals surface area contributed by atoms with Gasteiger partial charge in [0, 0.05) is 13.1 Å². The van der Waals surface area contributed by atoms with Gasteiger partial charge in [-0.1, -0.05) is 24.3 Å². The minimum atomic E-state index is -0.218. The molecule has 2 aromatic rings. The summed E-state index contributed by atoms with van der Waals surface area (Å²) in [7, 11) is 1.99. The smallest absolute Gasteiger partial charge is 0.261 e. The summed E-state index contributed by atoms with van der Waals surface area (Å²) in [6.07, 6.45) is 2.27. The van der Waals surface area contributed by atoms with Crippen LogP contribution in [0.2, 0.25) is 0 Å². The molecule has 0 N–H and O–H groups in total. The molecule has 0 aromatic heterocycles. The Kier molecular flexibility index (Phi) is 5.95. The van der Waals surface area contributed by atoms with E-state index < -0.39 is 0 Å². The van der Waals surface area contributed by atoms with Gasteiger partial charge >= 0.3 is 0 Å². The molecule has 7 heteroatoms. The molecule has 0 atom stereocenters. The topological polar surface area (TPSA) is 78.0 Å². The minimum Gasteiger partial charge on any atom is -0.306 e. The summed E-state index contributed by atoms with van der Waals surface area (Å²) in [5.41, 5.74) is 1.93. The molecule has 2 aliphatic heterocycles. The summed E-state index contributed by atoms with van der Waals surface area (Å²) in [5, 5.41) is 0. The van der Waals surface area contributed by atoms with Crippen LogP contribution in [0.3, 0.4) is 0 Å². The normalized spacial score (nSPS) is 15.3. The quantitative estimate of drug-likeness (QED) is 0.461. The lowest BCUT2D eigenvalue weighted by Gasteiger charge is -2.20. The molecule has 0 aliphatic carbocycles. The largest absolute Gasteiger partial charge is 0.306 e. The van der Waals surface area contributed by atoms with Gasteiger partial charge in [-0.2, -0.15) is 0 Å². The maximum atomic E-state index is 12.4. The SMILES string of the molecule is CN(CCCCN1C(=O)c2ccccc2C1=O)CCCN1C(=O)c2ccccc2C1=O. The Bertz CT molecular complexity index is 979. The third kappa shape index (κ3) is 4.01. The van der Waals surface area contributed by atoms with Crippen LogP contribution in [-0.4, -0.2) is 71.6 Å². The Morgan fingerprint density at radius 1 is 0.581 bits per heavy atom. The van der Waals surface area contributed by atoms with Crippen molar-refractivity contribution in [3.63, 3.8) is 0 Å². The van der Waals surface area contributed by atoms with Crippen molar-refractivity contribution in [2.75, 3.05) is 33.2 Å². The molecule has 0 fully saturated rings. The number of unbranched alkanes of at least 4 members (excludes halogenated alkanes) is 1. The highest BCUT2D eigenvalue weighted by molar-refractivity contribution is 6.22. The zero-order valence-corrected chi connectivity index (χ0v) is 17.5. The summed E-state index contributed by atoms with van der Waals surface area (Å²) in [6.45, 7) is 2.37. The Labute approximate surface area is 181 Å². The molecule has 2 aliphatic rings. The number of carbonyl (C=O) groups excluding carboxylic acids is 4. The molecule has 0 spiro atoms. The number of imide groups is 2. The molecular weight excluding hydrogens is 394 g/mol. The highest BCUT2D eigenvalue weighted by atomic mass is 16.2. The monoisotopic (exact) mass is 419 g/mol. The molecule has 0 radical (unpaired) electrons. The van der Waals surface area contributed by atoms with Crippen LogP contribution in [0.15, 0.2) is 48.5 Å². The summed E-state index contributed by atoms with van der Waals surface area (Å²) < 4.78 is 0. The predicted octanol–water partition coefficient (Wildman–Crippen LogP) is 2.68. The van der Waals surface area contributed by atoms with Crippen LogP contribution >= 0.6 is 0 Å². The number of amides is 4. The lowest BCUT2D eigenvalue weighted by Crippen LogP contribution is -2.33. The second-order valence-corrected chi connectivity index (χ2v) is 7.98. The fraction of sp³-hybridized carbons (Fsp3) is 0.333. The maximum Gasteiger partial charge on any atom is 0.261 e. The number of carbonyl (C=O) groups is 4. The summed E-state index contributed by atoms with van der Waals surface area (Å²) >= 11 is 0. The second kappa shape index (κ2) is 8.81. The third-order valence-electron chi connectivity index (χ3n) is 5.85. The standard InChI is InChI=1S/C24H25N3O4/c1-25(14-8-16-27-23(30)19-11-4-5-12-20(19)24(27)31)13-6-7-15-26-21(28)17-9-2-3-10-18(17)22(26)29/h2-5,9-12H,6-8,13-16H2,1H3. The van der Waals surface area contributed by atoms with Crippen molar-refractivity contribution in [3.05, 3.63) is 70.8 Å². The third-order valence-corrected chi connectivity index (χ3v) is 5.85. The molecule has 31 heavy (non-hydrogen) atoms. The average molecular weight is 419 g/mol. The second-order valence-electron chi connectivity index (χ2n) is 7.98. The molecule has 0 saturated carbocycles. The lowest BCUT2D eigenvalue weighted by atomic mass is 10.1. The molecule has 0 saturated heterocycles. The molecule has 4 rings (SSSR count). The highest BCUT2D eigenvalue weighted by Crippen LogP contribution is 2.23. The van der Waals surface area contributed by atoms with E-state index >= 15 is 0 Å². The summed E-state index contributed by atoms with van der Waals surface area (Å²) in [6, 6.07) is 13.8. The molecule has 2 aromatic carbocycles. The Morgan fingerprint density at radius 2 is 0.935 bits per heavy atom. The van der Waals surface area contributed by atoms with Gasteiger partial charge in [-0.25, -0.2) is 0 Å². The Balaban J connectivity index is 1.16. The van der Waals surface area contributed by atoms with E-state index in [-0.39, 0.29) is 23.6 Å². The van der Waals surface area contributed by atoms with E-state index in [1.807, 2.05) is 7.05 Å². The van der Waals surface area contributed by atoms with Crippen molar-refractivity contribution >= 4 is 23.6 Å². The first-order chi connectivity index (χ1) is 15.0. The number of hydrogen-bond acceptors (Lipinski definition) is 5. The van der Waals surface area contributed by atoms with E-state index in [0.717, 1.165) is 25.9 Å². The van der Waals surface area contributed by atoms with E-state index in [1.54, 1.807) is 48.5 Å². The summed E-state index contributed by atoms with van der Waals surface area (Å²) in [5.74, 6) is -0.863. The first-order valence-corrected chi connectivity index (χ1v) is 10.6. The Hall–Kier alpha value is -3.32. The van der Waals surface area contributed by atoms with Gasteiger partial charge in [0.2, 0.25) is 0 Å².